The summed E-state index contributed by atoms with van der Waals surface area (Å²) in [4.78, 5) is 0. The van der Waals surface area contributed by atoms with Crippen molar-refractivity contribution in [3.05, 3.63) is 158 Å². The molecule has 0 heterocycles. The van der Waals surface area contributed by atoms with Crippen LogP contribution in [0.3, 0.4) is 0 Å². The molecule has 8 rings (SSSR count). The van der Waals surface area contributed by atoms with E-state index in [1.54, 1.807) is 20.0 Å². The molecule has 0 nitrogen and oxygen atoms in total. The SMILES string of the molecule is Cl.Cl.[CH2]=[Zr]([CH2]c1ccccc1)([CH2]c1ccccc1)([C]1=CC=CC1)[CH]1CCCC2C1=C1Cc3ccccc3C1=C1C=CCCC12. The van der Waals surface area contributed by atoms with E-state index in [2.05, 4.69) is 115 Å². The summed E-state index contributed by atoms with van der Waals surface area (Å²) in [7, 11) is 0. The maximum atomic E-state index is 5.79. The van der Waals surface area contributed by atoms with Crippen molar-refractivity contribution in [3.63, 3.8) is 0 Å². The molecule has 3 aromatic rings. The molecular weight excluding hydrogens is 655 g/mol. The Morgan fingerprint density at radius 3 is 2.09 bits per heavy atom. The van der Waals surface area contributed by atoms with Crippen molar-refractivity contribution in [2.75, 3.05) is 0 Å². The number of hydrogen-bond acceptors (Lipinski definition) is 0. The number of hydrogen-bond donors (Lipinski definition) is 0. The molecule has 226 valence electrons. The van der Waals surface area contributed by atoms with Gasteiger partial charge in [0, 0.05) is 0 Å². The van der Waals surface area contributed by atoms with Gasteiger partial charge in [-0.1, -0.05) is 0 Å². The molecule has 0 radical (unpaired) electrons. The first kappa shape index (κ1) is 31.7. The first-order chi connectivity index (χ1) is 20.6. The minimum atomic E-state index is -4.15. The summed E-state index contributed by atoms with van der Waals surface area (Å²) in [5.74, 6) is 1.34. The molecule has 3 atom stereocenters. The van der Waals surface area contributed by atoms with E-state index >= 15 is 0 Å². The van der Waals surface area contributed by atoms with Gasteiger partial charge in [0.05, 0.1) is 0 Å². The summed E-state index contributed by atoms with van der Waals surface area (Å²) in [6.07, 6.45) is 21.0. The van der Waals surface area contributed by atoms with Crippen LogP contribution in [0.1, 0.15) is 60.8 Å². The van der Waals surface area contributed by atoms with E-state index in [-0.39, 0.29) is 24.8 Å². The summed E-state index contributed by atoms with van der Waals surface area (Å²) < 4.78 is 10.5. The summed E-state index contributed by atoms with van der Waals surface area (Å²) in [6, 6.07) is 32.3. The Labute approximate surface area is 277 Å². The van der Waals surface area contributed by atoms with E-state index in [1.165, 1.54) is 62.6 Å². The predicted octanol–water partition coefficient (Wildman–Crippen LogP) is 11.1. The van der Waals surface area contributed by atoms with E-state index in [9.17, 15) is 0 Å². The Kier molecular flexibility index (Phi) is 8.98. The second-order valence-corrected chi connectivity index (χ2v) is 29.0. The molecule has 0 aromatic heterocycles. The normalized spacial score (nSPS) is 23.6. The van der Waals surface area contributed by atoms with Crippen molar-refractivity contribution in [1.82, 2.24) is 0 Å². The van der Waals surface area contributed by atoms with E-state index in [0.717, 1.165) is 12.8 Å². The Hall–Kier alpha value is -2.31. The van der Waals surface area contributed by atoms with Crippen molar-refractivity contribution in [2.45, 2.75) is 56.8 Å². The third kappa shape index (κ3) is 5.03. The van der Waals surface area contributed by atoms with Crippen molar-refractivity contribution >= 4 is 34.6 Å². The molecule has 3 aromatic carbocycles. The van der Waals surface area contributed by atoms with Crippen LogP contribution in [0.5, 0.6) is 0 Å². The molecule has 5 aliphatic carbocycles. The summed E-state index contributed by atoms with van der Waals surface area (Å²) in [6.45, 7) is 0. The van der Waals surface area contributed by atoms with Crippen molar-refractivity contribution in [1.29, 1.82) is 0 Å². The Morgan fingerprint density at radius 2 is 1.41 bits per heavy atom. The molecule has 0 N–H and O–H groups in total. The summed E-state index contributed by atoms with van der Waals surface area (Å²) in [5.41, 5.74) is 12.9. The van der Waals surface area contributed by atoms with Gasteiger partial charge in [-0.3, -0.25) is 0 Å². The molecule has 0 amide bonds. The van der Waals surface area contributed by atoms with Crippen LogP contribution >= 0.6 is 24.8 Å². The molecule has 3 unspecified atom stereocenters. The van der Waals surface area contributed by atoms with Gasteiger partial charge in [-0.05, 0) is 0 Å². The van der Waals surface area contributed by atoms with E-state index in [0.29, 0.717) is 15.5 Å². The average molecular weight is 699 g/mol. The van der Waals surface area contributed by atoms with E-state index < -0.39 is 18.3 Å². The van der Waals surface area contributed by atoms with Gasteiger partial charge in [-0.25, -0.2) is 0 Å². The third-order valence-corrected chi connectivity index (χ3v) is 29.2. The standard InChI is InChI=1S/C21H21.2C7H7.C5H5.CH2.2ClH.Zr/c1-2-8-15-14(7-1)13-20-18-11-4-3-9-16(18)17-10-5-6-12-19(17)21(15)20;2*1-7-5-3-2-4-6-7;1-2-4-5-3-1;;;;/h1-2,6-8,11-12,16-17H,3-5,9-10,13H2;2*2-6H,1H2;1-3H,4H2;1H2;2*1H;. The fraction of sp³-hybridized carbons (Fsp3) is 0.293. The molecule has 5 aliphatic rings. The van der Waals surface area contributed by atoms with Crippen LogP contribution in [0.4, 0.5) is 0 Å². The van der Waals surface area contributed by atoms with Crippen LogP contribution in [-0.2, 0) is 33.0 Å². The van der Waals surface area contributed by atoms with Crippen LogP contribution < -0.4 is 0 Å². The van der Waals surface area contributed by atoms with Crippen LogP contribution in [0, 0.1) is 11.8 Å². The van der Waals surface area contributed by atoms with Gasteiger partial charge in [0.15, 0.2) is 0 Å². The average Bonchev–Trinajstić information content (AvgIpc) is 3.72. The molecule has 3 heteroatoms. The molecular formula is C41H44Cl2Zr. The van der Waals surface area contributed by atoms with Gasteiger partial charge in [0.2, 0.25) is 0 Å². The summed E-state index contributed by atoms with van der Waals surface area (Å²) >= 11 is -4.15. The molecule has 0 spiro atoms. The number of benzene rings is 3. The molecule has 0 saturated heterocycles. The predicted molar refractivity (Wildman–Crippen MR) is 191 cm³/mol. The first-order valence-electron chi connectivity index (χ1n) is 16.3. The first-order valence-corrected chi connectivity index (χ1v) is 24.2. The Bertz CT molecular complexity index is 1720. The second-order valence-electron chi connectivity index (χ2n) is 14.0. The zero-order valence-electron chi connectivity index (χ0n) is 25.6. The van der Waals surface area contributed by atoms with Crippen LogP contribution in [0.2, 0.25) is 3.63 Å². The van der Waals surface area contributed by atoms with E-state index in [4.69, 9.17) is 4.21 Å². The molecule has 1 fully saturated rings. The van der Waals surface area contributed by atoms with Gasteiger partial charge in [0.25, 0.3) is 0 Å². The molecule has 0 aliphatic heterocycles. The minimum absolute atomic E-state index is 0. The van der Waals surface area contributed by atoms with Crippen molar-refractivity contribution < 1.29 is 18.3 Å². The molecule has 0 bridgehead atoms. The Balaban J connectivity index is 0.00000171. The van der Waals surface area contributed by atoms with Gasteiger partial charge in [0.1, 0.15) is 0 Å². The van der Waals surface area contributed by atoms with Crippen LogP contribution in [0.15, 0.2) is 135 Å². The maximum absolute atomic E-state index is 5.79. The van der Waals surface area contributed by atoms with Crippen LogP contribution in [0.25, 0.3) is 5.57 Å². The zero-order chi connectivity index (χ0) is 28.2. The molecule has 44 heavy (non-hydrogen) atoms. The molecule has 1 saturated carbocycles. The Morgan fingerprint density at radius 1 is 0.727 bits per heavy atom. The van der Waals surface area contributed by atoms with Gasteiger partial charge < -0.3 is 0 Å². The van der Waals surface area contributed by atoms with Gasteiger partial charge in [-0.2, -0.15) is 0 Å². The monoisotopic (exact) mass is 696 g/mol. The van der Waals surface area contributed by atoms with Crippen molar-refractivity contribution in [3.8, 4) is 0 Å². The topological polar surface area (TPSA) is 0 Å². The van der Waals surface area contributed by atoms with Crippen molar-refractivity contribution in [2.24, 2.45) is 11.8 Å². The fourth-order valence-electron chi connectivity index (χ4n) is 10.1. The second kappa shape index (κ2) is 12.5. The fourth-order valence-corrected chi connectivity index (χ4v) is 28.3. The van der Waals surface area contributed by atoms with Crippen LogP contribution in [-0.4, -0.2) is 4.21 Å². The third-order valence-electron chi connectivity index (χ3n) is 11.7. The zero-order valence-corrected chi connectivity index (χ0v) is 29.7. The number of halogens is 2. The number of allylic oxidation sites excluding steroid dienone is 10. The van der Waals surface area contributed by atoms with Gasteiger partial charge in [-0.15, -0.1) is 24.8 Å². The van der Waals surface area contributed by atoms with E-state index in [1.807, 2.05) is 5.57 Å². The number of rotatable bonds is 6. The quantitative estimate of drug-likeness (QED) is 0.240. The number of fused-ring (bicyclic) bond motifs is 6. The summed E-state index contributed by atoms with van der Waals surface area (Å²) in [5, 5.41) is 0. The van der Waals surface area contributed by atoms with Gasteiger partial charge >= 0.3 is 254 Å².